The van der Waals surface area contributed by atoms with Crippen LogP contribution in [0.25, 0.3) is 22.2 Å². The average molecular weight is 295 g/mol. The molecule has 0 N–H and O–H groups in total. The summed E-state index contributed by atoms with van der Waals surface area (Å²) >= 11 is 0. The molecule has 3 rings (SSSR count). The molecule has 0 saturated carbocycles. The summed E-state index contributed by atoms with van der Waals surface area (Å²) in [6.45, 7) is 6.13. The molecule has 1 aromatic heterocycles. The fourth-order valence-electron chi connectivity index (χ4n) is 2.86. The largest absolute Gasteiger partial charge is 0.618 e. The second-order valence-electron chi connectivity index (χ2n) is 5.91. The fourth-order valence-corrected chi connectivity index (χ4v) is 2.86. The zero-order valence-electron chi connectivity index (χ0n) is 12.9. The van der Waals surface area contributed by atoms with Crippen LogP contribution in [-0.4, -0.2) is 0 Å². The SMILES string of the molecule is Cc1ccccc1-c1cc(C(C)C)c2ccc(F)cc2[n+]1[O-]. The van der Waals surface area contributed by atoms with Crippen LogP contribution in [0.5, 0.6) is 0 Å². The minimum Gasteiger partial charge on any atom is -0.618 e. The zero-order valence-corrected chi connectivity index (χ0v) is 12.9. The summed E-state index contributed by atoms with van der Waals surface area (Å²) in [5, 5.41) is 13.6. The number of aromatic nitrogens is 1. The first kappa shape index (κ1) is 14.5. The molecule has 0 aliphatic rings. The van der Waals surface area contributed by atoms with Crippen molar-refractivity contribution in [2.24, 2.45) is 0 Å². The summed E-state index contributed by atoms with van der Waals surface area (Å²) in [5.41, 5.74) is 3.91. The van der Waals surface area contributed by atoms with Gasteiger partial charge >= 0.3 is 0 Å². The zero-order chi connectivity index (χ0) is 15.9. The molecule has 0 aliphatic carbocycles. The van der Waals surface area contributed by atoms with E-state index in [9.17, 15) is 9.60 Å². The Hall–Kier alpha value is -2.42. The lowest BCUT2D eigenvalue weighted by atomic mass is 9.95. The average Bonchev–Trinajstić information content (AvgIpc) is 2.49. The van der Waals surface area contributed by atoms with Crippen molar-refractivity contribution in [3.63, 3.8) is 0 Å². The van der Waals surface area contributed by atoms with Crippen molar-refractivity contribution in [3.8, 4) is 11.3 Å². The summed E-state index contributed by atoms with van der Waals surface area (Å²) in [4.78, 5) is 0. The maximum atomic E-state index is 13.6. The van der Waals surface area contributed by atoms with Gasteiger partial charge in [0.15, 0.2) is 0 Å². The normalized spacial score (nSPS) is 11.3. The van der Waals surface area contributed by atoms with E-state index >= 15 is 0 Å². The molecule has 22 heavy (non-hydrogen) atoms. The number of hydrogen-bond donors (Lipinski definition) is 0. The monoisotopic (exact) mass is 295 g/mol. The summed E-state index contributed by atoms with van der Waals surface area (Å²) in [7, 11) is 0. The third-order valence-corrected chi connectivity index (χ3v) is 4.04. The van der Waals surface area contributed by atoms with Crippen LogP contribution in [0.4, 0.5) is 4.39 Å². The molecular weight excluding hydrogens is 277 g/mol. The first-order chi connectivity index (χ1) is 10.5. The Kier molecular flexibility index (Phi) is 3.57. The van der Waals surface area contributed by atoms with Gasteiger partial charge in [-0.05, 0) is 42.2 Å². The highest BCUT2D eigenvalue weighted by Crippen LogP contribution is 2.29. The van der Waals surface area contributed by atoms with Crippen LogP contribution in [0.2, 0.25) is 0 Å². The number of halogens is 1. The van der Waals surface area contributed by atoms with E-state index in [0.717, 1.165) is 26.8 Å². The van der Waals surface area contributed by atoms with Gasteiger partial charge in [0.05, 0.1) is 10.9 Å². The van der Waals surface area contributed by atoms with Gasteiger partial charge in [0, 0.05) is 12.1 Å². The number of hydrogen-bond acceptors (Lipinski definition) is 1. The van der Waals surface area contributed by atoms with Crippen molar-refractivity contribution in [1.82, 2.24) is 0 Å². The van der Waals surface area contributed by atoms with Gasteiger partial charge in [-0.15, -0.1) is 0 Å². The lowest BCUT2D eigenvalue weighted by Gasteiger charge is -2.15. The second kappa shape index (κ2) is 5.41. The number of aryl methyl sites for hydroxylation is 1. The van der Waals surface area contributed by atoms with Crippen LogP contribution in [0.15, 0.2) is 48.5 Å². The molecule has 0 saturated heterocycles. The Bertz CT molecular complexity index is 855. The summed E-state index contributed by atoms with van der Waals surface area (Å²) in [6.07, 6.45) is 0. The van der Waals surface area contributed by atoms with Gasteiger partial charge in [0.25, 0.3) is 0 Å². The molecule has 0 unspecified atom stereocenters. The Labute approximate surface area is 129 Å². The highest BCUT2D eigenvalue weighted by molar-refractivity contribution is 5.82. The van der Waals surface area contributed by atoms with Gasteiger partial charge in [-0.1, -0.05) is 32.0 Å². The van der Waals surface area contributed by atoms with Crippen LogP contribution in [0.1, 0.15) is 30.9 Å². The molecule has 0 amide bonds. The van der Waals surface area contributed by atoms with E-state index in [1.165, 1.54) is 12.1 Å². The first-order valence-corrected chi connectivity index (χ1v) is 7.40. The Morgan fingerprint density at radius 3 is 2.45 bits per heavy atom. The first-order valence-electron chi connectivity index (χ1n) is 7.40. The molecule has 3 aromatic rings. The predicted octanol–water partition coefficient (Wildman–Crippen LogP) is 4.71. The van der Waals surface area contributed by atoms with Gasteiger partial charge in [0.2, 0.25) is 11.2 Å². The number of nitrogens with zero attached hydrogens (tertiary/aromatic N) is 1. The van der Waals surface area contributed by atoms with Gasteiger partial charge < -0.3 is 5.21 Å². The van der Waals surface area contributed by atoms with E-state index in [1.807, 2.05) is 37.3 Å². The van der Waals surface area contributed by atoms with Crippen LogP contribution in [-0.2, 0) is 0 Å². The topological polar surface area (TPSA) is 26.9 Å². The summed E-state index contributed by atoms with van der Waals surface area (Å²) in [6, 6.07) is 14.1. The van der Waals surface area contributed by atoms with Crippen molar-refractivity contribution >= 4 is 10.9 Å². The van der Waals surface area contributed by atoms with E-state index in [2.05, 4.69) is 13.8 Å². The quantitative estimate of drug-likeness (QED) is 0.497. The smallest absolute Gasteiger partial charge is 0.227 e. The third-order valence-electron chi connectivity index (χ3n) is 4.04. The van der Waals surface area contributed by atoms with Crippen molar-refractivity contribution in [2.45, 2.75) is 26.7 Å². The molecule has 0 atom stereocenters. The third kappa shape index (κ3) is 2.33. The molecular formula is C19H18FNO. The van der Waals surface area contributed by atoms with E-state index in [1.54, 1.807) is 6.07 Å². The maximum absolute atomic E-state index is 13.6. The highest BCUT2D eigenvalue weighted by Gasteiger charge is 2.20. The molecule has 1 heterocycles. The summed E-state index contributed by atoms with van der Waals surface area (Å²) < 4.78 is 14.5. The van der Waals surface area contributed by atoms with Gasteiger partial charge in [-0.3, -0.25) is 0 Å². The molecule has 0 spiro atoms. The lowest BCUT2D eigenvalue weighted by molar-refractivity contribution is -0.565. The van der Waals surface area contributed by atoms with E-state index in [4.69, 9.17) is 0 Å². The standard InChI is InChI=1S/C19H18FNO/c1-12(2)17-11-19(15-7-5-4-6-13(15)3)21(22)18-10-14(20)8-9-16(17)18/h4-12H,1-3H3. The molecule has 0 bridgehead atoms. The van der Waals surface area contributed by atoms with Crippen LogP contribution < -0.4 is 4.73 Å². The number of benzene rings is 2. The van der Waals surface area contributed by atoms with Crippen molar-refractivity contribution in [1.29, 1.82) is 0 Å². The molecule has 0 aliphatic heterocycles. The Balaban J connectivity index is 2.41. The number of pyridine rings is 1. The molecule has 2 nitrogen and oxygen atoms in total. The Morgan fingerprint density at radius 2 is 1.77 bits per heavy atom. The van der Waals surface area contributed by atoms with Gasteiger partial charge in [-0.2, -0.15) is 4.73 Å². The van der Waals surface area contributed by atoms with Crippen molar-refractivity contribution in [3.05, 3.63) is 70.7 Å². The number of fused-ring (bicyclic) bond motifs is 1. The molecule has 112 valence electrons. The predicted molar refractivity (Wildman–Crippen MR) is 87.1 cm³/mol. The van der Waals surface area contributed by atoms with Crippen LogP contribution >= 0.6 is 0 Å². The van der Waals surface area contributed by atoms with Crippen molar-refractivity contribution in [2.75, 3.05) is 0 Å². The van der Waals surface area contributed by atoms with Crippen LogP contribution in [0.3, 0.4) is 0 Å². The lowest BCUT2D eigenvalue weighted by Crippen LogP contribution is -2.31. The molecule has 2 aromatic carbocycles. The summed E-state index contributed by atoms with van der Waals surface area (Å²) in [5.74, 6) is -0.148. The molecule has 0 radical (unpaired) electrons. The Morgan fingerprint density at radius 1 is 1.05 bits per heavy atom. The van der Waals surface area contributed by atoms with Crippen molar-refractivity contribution < 1.29 is 9.12 Å². The molecule has 0 fully saturated rings. The fraction of sp³-hybridized carbons (Fsp3) is 0.211. The molecule has 3 heteroatoms. The maximum Gasteiger partial charge on any atom is 0.227 e. The minimum absolute atomic E-state index is 0.247. The minimum atomic E-state index is -0.395. The van der Waals surface area contributed by atoms with E-state index < -0.39 is 5.82 Å². The van der Waals surface area contributed by atoms with E-state index in [-0.39, 0.29) is 5.92 Å². The van der Waals surface area contributed by atoms with Crippen LogP contribution in [0, 0.1) is 17.9 Å². The van der Waals surface area contributed by atoms with Gasteiger partial charge in [0.1, 0.15) is 5.82 Å². The number of rotatable bonds is 2. The highest BCUT2D eigenvalue weighted by atomic mass is 19.1. The van der Waals surface area contributed by atoms with Gasteiger partial charge in [-0.25, -0.2) is 4.39 Å². The van der Waals surface area contributed by atoms with E-state index in [0.29, 0.717) is 11.2 Å². The second-order valence-corrected chi connectivity index (χ2v) is 5.91.